The van der Waals surface area contributed by atoms with Crippen LogP contribution < -0.4 is 9.47 Å². The molecule has 0 spiro atoms. The van der Waals surface area contributed by atoms with Gasteiger partial charge in [0.25, 0.3) is 0 Å². The van der Waals surface area contributed by atoms with Gasteiger partial charge in [0.05, 0.1) is 25.5 Å². The lowest BCUT2D eigenvalue weighted by molar-refractivity contribution is 0.410. The van der Waals surface area contributed by atoms with Gasteiger partial charge in [0.15, 0.2) is 0 Å². The highest BCUT2D eigenvalue weighted by Gasteiger charge is 2.28. The van der Waals surface area contributed by atoms with Crippen molar-refractivity contribution in [1.29, 1.82) is 0 Å². The molecule has 120 valence electrons. The molecule has 0 saturated carbocycles. The van der Waals surface area contributed by atoms with Crippen molar-refractivity contribution in [1.82, 2.24) is 0 Å². The van der Waals surface area contributed by atoms with Crippen LogP contribution in [-0.2, 0) is 6.42 Å². The summed E-state index contributed by atoms with van der Waals surface area (Å²) in [6.45, 7) is 6.42. The van der Waals surface area contributed by atoms with E-state index >= 15 is 0 Å². The molecule has 3 rings (SSSR count). The van der Waals surface area contributed by atoms with Crippen LogP contribution in [0, 0.1) is 6.92 Å². The second-order valence-corrected chi connectivity index (χ2v) is 6.66. The molecule has 2 aromatic rings. The van der Waals surface area contributed by atoms with E-state index in [9.17, 15) is 0 Å². The van der Waals surface area contributed by atoms with E-state index in [0.29, 0.717) is 0 Å². The fourth-order valence-electron chi connectivity index (χ4n) is 3.15. The molecule has 0 aromatic heterocycles. The lowest BCUT2D eigenvalue weighted by atomic mass is 9.84. The Morgan fingerprint density at radius 3 is 2.30 bits per heavy atom. The van der Waals surface area contributed by atoms with E-state index in [1.54, 1.807) is 14.2 Å². The van der Waals surface area contributed by atoms with Crippen LogP contribution >= 0.6 is 0 Å². The molecule has 0 bridgehead atoms. The van der Waals surface area contributed by atoms with Gasteiger partial charge in [-0.1, -0.05) is 0 Å². The summed E-state index contributed by atoms with van der Waals surface area (Å²) in [7, 11) is 3.41. The first-order valence-electron chi connectivity index (χ1n) is 7.86. The number of fused-ring (bicyclic) bond motifs is 1. The maximum Gasteiger partial charge on any atom is 0.122 e. The predicted molar refractivity (Wildman–Crippen MR) is 94.1 cm³/mol. The zero-order chi connectivity index (χ0) is 16.6. The molecule has 1 aliphatic rings. The minimum Gasteiger partial charge on any atom is -0.497 e. The van der Waals surface area contributed by atoms with Crippen LogP contribution in [0.1, 0.15) is 36.1 Å². The topological polar surface area (TPSA) is 30.8 Å². The van der Waals surface area contributed by atoms with E-state index in [0.717, 1.165) is 34.8 Å². The van der Waals surface area contributed by atoms with E-state index in [1.165, 1.54) is 11.1 Å². The lowest BCUT2D eigenvalue weighted by Gasteiger charge is -2.30. The molecule has 0 radical (unpaired) electrons. The molecule has 0 aliphatic carbocycles. The van der Waals surface area contributed by atoms with Crippen molar-refractivity contribution < 1.29 is 9.47 Å². The summed E-state index contributed by atoms with van der Waals surface area (Å²) in [4.78, 5) is 5.01. The highest BCUT2D eigenvalue weighted by molar-refractivity contribution is 6.14. The van der Waals surface area contributed by atoms with E-state index in [1.807, 2.05) is 12.1 Å². The number of hydrogen-bond acceptors (Lipinski definition) is 3. The molecule has 0 amide bonds. The van der Waals surface area contributed by atoms with Gasteiger partial charge in [-0.05, 0) is 74.7 Å². The molecular weight excluding hydrogens is 286 g/mol. The monoisotopic (exact) mass is 309 g/mol. The molecule has 1 heterocycles. The van der Waals surface area contributed by atoms with Crippen LogP contribution in [0.4, 0.5) is 0 Å². The van der Waals surface area contributed by atoms with Gasteiger partial charge in [0.2, 0.25) is 0 Å². The number of rotatable bonds is 3. The molecule has 0 fully saturated rings. The second-order valence-electron chi connectivity index (χ2n) is 6.66. The van der Waals surface area contributed by atoms with Crippen molar-refractivity contribution in [2.24, 2.45) is 4.99 Å². The first kappa shape index (κ1) is 15.6. The number of nitrogens with zero attached hydrogens (tertiary/aromatic N) is 1. The molecule has 0 N–H and O–H groups in total. The van der Waals surface area contributed by atoms with E-state index in [4.69, 9.17) is 14.5 Å². The smallest absolute Gasteiger partial charge is 0.122 e. The summed E-state index contributed by atoms with van der Waals surface area (Å²) in [5.41, 5.74) is 5.66. The fourth-order valence-corrected chi connectivity index (χ4v) is 3.15. The molecular formula is C20H23NO2. The van der Waals surface area contributed by atoms with Crippen molar-refractivity contribution in [3.05, 3.63) is 58.7 Å². The van der Waals surface area contributed by atoms with Gasteiger partial charge >= 0.3 is 0 Å². The summed E-state index contributed by atoms with van der Waals surface area (Å²) in [5.74, 6) is 1.80. The Balaban J connectivity index is 2.15. The lowest BCUT2D eigenvalue weighted by Crippen LogP contribution is -2.29. The Hall–Kier alpha value is -2.29. The number of methoxy groups -OCH3 is 2. The highest BCUT2D eigenvalue weighted by Crippen LogP contribution is 2.33. The van der Waals surface area contributed by atoms with Crippen LogP contribution in [-0.4, -0.2) is 25.5 Å². The molecule has 23 heavy (non-hydrogen) atoms. The Labute approximate surface area is 138 Å². The summed E-state index contributed by atoms with van der Waals surface area (Å²) < 4.78 is 10.8. The van der Waals surface area contributed by atoms with Crippen molar-refractivity contribution >= 4 is 5.71 Å². The van der Waals surface area contributed by atoms with Gasteiger partial charge in [-0.25, -0.2) is 0 Å². The van der Waals surface area contributed by atoms with Crippen molar-refractivity contribution in [2.75, 3.05) is 14.2 Å². The van der Waals surface area contributed by atoms with Gasteiger partial charge in [-0.3, -0.25) is 4.99 Å². The summed E-state index contributed by atoms with van der Waals surface area (Å²) in [6, 6.07) is 12.5. The van der Waals surface area contributed by atoms with Crippen molar-refractivity contribution in [3.8, 4) is 11.5 Å². The van der Waals surface area contributed by atoms with E-state index in [2.05, 4.69) is 45.0 Å². The second kappa shape index (κ2) is 5.73. The number of aliphatic imine (C=N–C) groups is 1. The number of ether oxygens (including phenoxy) is 2. The van der Waals surface area contributed by atoms with Crippen LogP contribution in [0.2, 0.25) is 0 Å². The SMILES string of the molecule is COc1ccc(C2=NC(C)(C)Cc3cc(OC)c(C)cc32)cc1. The van der Waals surface area contributed by atoms with Gasteiger partial charge < -0.3 is 9.47 Å². The molecule has 3 nitrogen and oxygen atoms in total. The average molecular weight is 309 g/mol. The van der Waals surface area contributed by atoms with Crippen molar-refractivity contribution in [3.63, 3.8) is 0 Å². The van der Waals surface area contributed by atoms with Crippen LogP contribution in [0.25, 0.3) is 0 Å². The number of hydrogen-bond donors (Lipinski definition) is 0. The third-order valence-electron chi connectivity index (χ3n) is 4.28. The molecule has 2 aromatic carbocycles. The zero-order valence-corrected chi connectivity index (χ0v) is 14.4. The average Bonchev–Trinajstić information content (AvgIpc) is 2.53. The molecule has 1 aliphatic heterocycles. The van der Waals surface area contributed by atoms with Gasteiger partial charge in [0, 0.05) is 11.1 Å². The number of benzene rings is 2. The van der Waals surface area contributed by atoms with Crippen LogP contribution in [0.3, 0.4) is 0 Å². The van der Waals surface area contributed by atoms with Crippen molar-refractivity contribution in [2.45, 2.75) is 32.7 Å². The third-order valence-corrected chi connectivity index (χ3v) is 4.28. The minimum absolute atomic E-state index is 0.122. The standard InChI is InChI=1S/C20H23NO2/c1-13-10-17-15(11-18(13)23-5)12-20(2,3)21-19(17)14-6-8-16(22-4)9-7-14/h6-11H,12H2,1-5H3. The summed E-state index contributed by atoms with van der Waals surface area (Å²) in [5, 5.41) is 0. The summed E-state index contributed by atoms with van der Waals surface area (Å²) in [6.07, 6.45) is 0.915. The number of aryl methyl sites for hydroxylation is 1. The summed E-state index contributed by atoms with van der Waals surface area (Å²) >= 11 is 0. The normalized spacial score (nSPS) is 15.6. The van der Waals surface area contributed by atoms with Crippen LogP contribution in [0.5, 0.6) is 11.5 Å². The van der Waals surface area contributed by atoms with Gasteiger partial charge in [-0.2, -0.15) is 0 Å². The Morgan fingerprint density at radius 1 is 1.00 bits per heavy atom. The van der Waals surface area contributed by atoms with Gasteiger partial charge in [-0.15, -0.1) is 0 Å². The minimum atomic E-state index is -0.122. The largest absolute Gasteiger partial charge is 0.497 e. The molecule has 0 unspecified atom stereocenters. The third kappa shape index (κ3) is 2.96. The zero-order valence-electron chi connectivity index (χ0n) is 14.4. The molecule has 0 saturated heterocycles. The van der Waals surface area contributed by atoms with E-state index in [-0.39, 0.29) is 5.54 Å². The maximum absolute atomic E-state index is 5.49. The molecule has 0 atom stereocenters. The fraction of sp³-hybridized carbons (Fsp3) is 0.350. The van der Waals surface area contributed by atoms with Gasteiger partial charge in [0.1, 0.15) is 11.5 Å². The van der Waals surface area contributed by atoms with E-state index < -0.39 is 0 Å². The highest BCUT2D eigenvalue weighted by atomic mass is 16.5. The Kier molecular flexibility index (Phi) is 3.88. The molecule has 3 heteroatoms. The first-order valence-corrected chi connectivity index (χ1v) is 7.86. The maximum atomic E-state index is 5.49. The first-order chi connectivity index (χ1) is 10.9. The Bertz CT molecular complexity index is 758. The van der Waals surface area contributed by atoms with Crippen LogP contribution in [0.15, 0.2) is 41.4 Å². The predicted octanol–water partition coefficient (Wildman–Crippen LogP) is 4.18. The Morgan fingerprint density at radius 2 is 1.70 bits per heavy atom. The quantitative estimate of drug-likeness (QED) is 0.851.